The minimum atomic E-state index is -0.250. The molecule has 136 valence electrons. The highest BCUT2D eigenvalue weighted by Gasteiger charge is 2.04. The molecular weight excluding hydrogens is 352 g/mol. The quantitative estimate of drug-likeness (QED) is 0.699. The van der Waals surface area contributed by atoms with E-state index in [1.165, 1.54) is 6.08 Å². The van der Waals surface area contributed by atoms with Gasteiger partial charge in [-0.3, -0.25) is 9.59 Å². The van der Waals surface area contributed by atoms with Crippen molar-refractivity contribution in [2.45, 2.75) is 13.0 Å². The second-order valence-electron chi connectivity index (χ2n) is 5.52. The summed E-state index contributed by atoms with van der Waals surface area (Å²) in [6.45, 7) is 0.629. The van der Waals surface area contributed by atoms with Gasteiger partial charge < -0.3 is 15.4 Å². The lowest BCUT2D eigenvalue weighted by Gasteiger charge is -2.07. The van der Waals surface area contributed by atoms with Gasteiger partial charge in [0.15, 0.2) is 0 Å². The summed E-state index contributed by atoms with van der Waals surface area (Å²) < 4.78 is 5.08. The molecule has 0 saturated carbocycles. The lowest BCUT2D eigenvalue weighted by Crippen LogP contribution is -2.29. The Balaban J connectivity index is 1.67. The average molecular weight is 373 g/mol. The molecule has 6 heteroatoms. The van der Waals surface area contributed by atoms with Crippen LogP contribution in [0.25, 0.3) is 6.08 Å². The van der Waals surface area contributed by atoms with Crippen LogP contribution in [0.3, 0.4) is 0 Å². The number of benzene rings is 2. The Labute approximate surface area is 158 Å². The predicted octanol–water partition coefficient (Wildman–Crippen LogP) is 3.18. The molecule has 2 N–H and O–H groups in total. The first-order valence-corrected chi connectivity index (χ1v) is 8.56. The van der Waals surface area contributed by atoms with E-state index in [2.05, 4.69) is 10.6 Å². The van der Waals surface area contributed by atoms with Crippen molar-refractivity contribution in [2.24, 2.45) is 0 Å². The second kappa shape index (κ2) is 10.3. The molecule has 0 spiro atoms. The number of amides is 2. The topological polar surface area (TPSA) is 67.4 Å². The van der Waals surface area contributed by atoms with Gasteiger partial charge in [0.05, 0.1) is 7.11 Å². The van der Waals surface area contributed by atoms with Crippen LogP contribution in [-0.4, -0.2) is 25.5 Å². The van der Waals surface area contributed by atoms with E-state index in [-0.39, 0.29) is 24.8 Å². The molecule has 2 aromatic rings. The first-order chi connectivity index (χ1) is 12.6. The maximum atomic E-state index is 11.8. The Kier molecular flexibility index (Phi) is 7.71. The van der Waals surface area contributed by atoms with Crippen LogP contribution in [0.15, 0.2) is 54.6 Å². The summed E-state index contributed by atoms with van der Waals surface area (Å²) in [4.78, 5) is 23.6. The zero-order chi connectivity index (χ0) is 18.8. The smallest absolute Gasteiger partial charge is 0.244 e. The molecule has 5 nitrogen and oxygen atoms in total. The van der Waals surface area contributed by atoms with Crippen LogP contribution in [0.1, 0.15) is 17.5 Å². The molecule has 0 unspecified atom stereocenters. The Morgan fingerprint density at radius 2 is 1.81 bits per heavy atom. The van der Waals surface area contributed by atoms with E-state index in [4.69, 9.17) is 16.3 Å². The summed E-state index contributed by atoms with van der Waals surface area (Å²) in [5.41, 5.74) is 1.74. The van der Waals surface area contributed by atoms with Crippen molar-refractivity contribution in [3.63, 3.8) is 0 Å². The van der Waals surface area contributed by atoms with Gasteiger partial charge in [-0.1, -0.05) is 41.9 Å². The molecule has 2 amide bonds. The van der Waals surface area contributed by atoms with E-state index in [0.29, 0.717) is 11.6 Å². The molecule has 0 bridgehead atoms. The van der Waals surface area contributed by atoms with Crippen LogP contribution < -0.4 is 15.4 Å². The van der Waals surface area contributed by atoms with Crippen LogP contribution in [0.5, 0.6) is 5.75 Å². The summed E-state index contributed by atoms with van der Waals surface area (Å²) in [5, 5.41) is 6.07. The van der Waals surface area contributed by atoms with Crippen LogP contribution in [-0.2, 0) is 16.1 Å². The van der Waals surface area contributed by atoms with Gasteiger partial charge in [-0.2, -0.15) is 0 Å². The Hall–Kier alpha value is -2.79. The number of rotatable bonds is 8. The number of ether oxygens (including phenoxy) is 1. The van der Waals surface area contributed by atoms with E-state index in [1.807, 2.05) is 42.5 Å². The van der Waals surface area contributed by atoms with Crippen molar-refractivity contribution < 1.29 is 14.3 Å². The Morgan fingerprint density at radius 3 is 2.50 bits per heavy atom. The average Bonchev–Trinajstić information content (AvgIpc) is 2.66. The van der Waals surface area contributed by atoms with E-state index in [0.717, 1.165) is 16.9 Å². The maximum Gasteiger partial charge on any atom is 0.244 e. The molecule has 0 heterocycles. The zero-order valence-electron chi connectivity index (χ0n) is 14.5. The van der Waals surface area contributed by atoms with E-state index >= 15 is 0 Å². The Bertz CT molecular complexity index is 773. The highest BCUT2D eigenvalue weighted by molar-refractivity contribution is 6.31. The van der Waals surface area contributed by atoms with Crippen molar-refractivity contribution in [3.05, 3.63) is 70.8 Å². The third kappa shape index (κ3) is 6.61. The van der Waals surface area contributed by atoms with Crippen molar-refractivity contribution >= 4 is 29.5 Å². The number of methoxy groups -OCH3 is 1. The van der Waals surface area contributed by atoms with Crippen molar-refractivity contribution in [3.8, 4) is 5.75 Å². The van der Waals surface area contributed by atoms with Gasteiger partial charge in [0, 0.05) is 30.6 Å². The molecule has 0 saturated heterocycles. The fraction of sp³-hybridized carbons (Fsp3) is 0.200. The summed E-state index contributed by atoms with van der Waals surface area (Å²) in [6, 6.07) is 14.7. The lowest BCUT2D eigenvalue weighted by molar-refractivity contribution is -0.121. The second-order valence-corrected chi connectivity index (χ2v) is 5.92. The lowest BCUT2D eigenvalue weighted by atomic mass is 10.2. The van der Waals surface area contributed by atoms with E-state index in [1.54, 1.807) is 19.3 Å². The van der Waals surface area contributed by atoms with Gasteiger partial charge in [0.1, 0.15) is 5.75 Å². The third-order valence-corrected chi connectivity index (χ3v) is 4.00. The number of hydrogen-bond donors (Lipinski definition) is 2. The van der Waals surface area contributed by atoms with E-state index < -0.39 is 0 Å². The van der Waals surface area contributed by atoms with Crippen LogP contribution in [0, 0.1) is 0 Å². The first-order valence-electron chi connectivity index (χ1n) is 8.18. The van der Waals surface area contributed by atoms with Crippen LogP contribution in [0.2, 0.25) is 5.02 Å². The van der Waals surface area contributed by atoms with Gasteiger partial charge in [-0.05, 0) is 35.4 Å². The predicted molar refractivity (Wildman–Crippen MR) is 103 cm³/mol. The summed E-state index contributed by atoms with van der Waals surface area (Å²) in [5.74, 6) is 0.360. The van der Waals surface area contributed by atoms with Gasteiger partial charge in [-0.15, -0.1) is 0 Å². The highest BCUT2D eigenvalue weighted by Crippen LogP contribution is 2.14. The standard InChI is InChI=1S/C20H21ClN2O3/c1-26-17-9-6-15(7-10-17)8-11-19(24)22-13-12-20(25)23-14-16-4-2-3-5-18(16)21/h2-11H,12-14H2,1H3,(H,22,24)(H,23,25). The highest BCUT2D eigenvalue weighted by atomic mass is 35.5. The molecule has 0 aliphatic heterocycles. The number of halogens is 1. The first kappa shape index (κ1) is 19.5. The largest absolute Gasteiger partial charge is 0.497 e. The SMILES string of the molecule is COc1ccc(C=CC(=O)NCCC(=O)NCc2ccccc2Cl)cc1. The number of nitrogens with one attached hydrogen (secondary N) is 2. The van der Waals surface area contributed by atoms with Crippen molar-refractivity contribution in [1.29, 1.82) is 0 Å². The fourth-order valence-electron chi connectivity index (χ4n) is 2.17. The number of carbonyl (C=O) groups excluding carboxylic acids is 2. The molecule has 26 heavy (non-hydrogen) atoms. The molecule has 0 radical (unpaired) electrons. The number of hydrogen-bond acceptors (Lipinski definition) is 3. The third-order valence-electron chi connectivity index (χ3n) is 3.63. The fourth-order valence-corrected chi connectivity index (χ4v) is 2.37. The van der Waals surface area contributed by atoms with E-state index in [9.17, 15) is 9.59 Å². The van der Waals surface area contributed by atoms with Gasteiger partial charge >= 0.3 is 0 Å². The van der Waals surface area contributed by atoms with Crippen molar-refractivity contribution in [2.75, 3.05) is 13.7 Å². The molecular formula is C20H21ClN2O3. The monoisotopic (exact) mass is 372 g/mol. The zero-order valence-corrected chi connectivity index (χ0v) is 15.3. The van der Waals surface area contributed by atoms with Gasteiger partial charge in [-0.25, -0.2) is 0 Å². The summed E-state index contributed by atoms with van der Waals surface area (Å²) in [7, 11) is 1.60. The summed E-state index contributed by atoms with van der Waals surface area (Å²) in [6.07, 6.45) is 3.34. The normalized spacial score (nSPS) is 10.5. The number of carbonyl (C=O) groups is 2. The molecule has 0 atom stereocenters. The van der Waals surface area contributed by atoms with Crippen LogP contribution >= 0.6 is 11.6 Å². The maximum absolute atomic E-state index is 11.8. The molecule has 0 aromatic heterocycles. The molecule has 0 aliphatic carbocycles. The molecule has 2 aromatic carbocycles. The van der Waals surface area contributed by atoms with Crippen LogP contribution in [0.4, 0.5) is 0 Å². The molecule has 0 fully saturated rings. The molecule has 0 aliphatic rings. The minimum absolute atomic E-state index is 0.149. The Morgan fingerprint density at radius 1 is 1.08 bits per heavy atom. The van der Waals surface area contributed by atoms with Crippen molar-refractivity contribution in [1.82, 2.24) is 10.6 Å². The van der Waals surface area contributed by atoms with Gasteiger partial charge in [0.2, 0.25) is 11.8 Å². The van der Waals surface area contributed by atoms with Gasteiger partial charge in [0.25, 0.3) is 0 Å². The molecule has 2 rings (SSSR count). The summed E-state index contributed by atoms with van der Waals surface area (Å²) >= 11 is 6.03. The minimum Gasteiger partial charge on any atom is -0.497 e.